The molecule has 2 unspecified atom stereocenters. The number of nitrogens with zero attached hydrogens (tertiary/aromatic N) is 1. The molecular formula is C14H16N2O5. The number of carboxylic acid groups (broad SMARTS) is 1. The van der Waals surface area contributed by atoms with Crippen molar-refractivity contribution >= 4 is 17.7 Å². The summed E-state index contributed by atoms with van der Waals surface area (Å²) in [6, 6.07) is 3.68. The number of anilines is 1. The van der Waals surface area contributed by atoms with E-state index in [0.29, 0.717) is 18.8 Å². The lowest BCUT2D eigenvalue weighted by Gasteiger charge is -2.32. The van der Waals surface area contributed by atoms with Crippen molar-refractivity contribution < 1.29 is 24.5 Å². The number of carbonyl (C=O) groups excluding carboxylic acids is 1. The fourth-order valence-electron chi connectivity index (χ4n) is 2.77. The van der Waals surface area contributed by atoms with Gasteiger partial charge < -0.3 is 25.2 Å². The zero-order chi connectivity index (χ0) is 15.0. The summed E-state index contributed by atoms with van der Waals surface area (Å²) < 4.78 is 5.66. The molecule has 2 fully saturated rings. The first-order valence-electron chi connectivity index (χ1n) is 6.80. The van der Waals surface area contributed by atoms with Gasteiger partial charge in [-0.25, -0.2) is 9.59 Å². The first kappa shape index (κ1) is 13.7. The van der Waals surface area contributed by atoms with Crippen molar-refractivity contribution in [2.24, 2.45) is 0 Å². The summed E-state index contributed by atoms with van der Waals surface area (Å²) in [5.74, 6) is -1.59. The number of carbonyl (C=O) groups is 2. The van der Waals surface area contributed by atoms with Crippen LogP contribution in [0.15, 0.2) is 18.2 Å². The molecule has 0 saturated carbocycles. The number of likely N-dealkylation sites (tertiary alicyclic amines) is 1. The number of nitrogens with one attached hydrogen (secondary N) is 1. The lowest BCUT2D eigenvalue weighted by atomic mass is 10.2. The standard InChI is InChI=1S/C14H16N2O5/c17-12-5-8(1-4-11(12)13(18)19)15-14(20)16-6-9-2-3-10(7-16)21-9/h1,4-5,9-10,17H,2-3,6-7H2,(H,15,20)(H,18,19). The van der Waals surface area contributed by atoms with Crippen molar-refractivity contribution in [2.75, 3.05) is 18.4 Å². The largest absolute Gasteiger partial charge is 0.507 e. The van der Waals surface area contributed by atoms with E-state index in [2.05, 4.69) is 5.32 Å². The van der Waals surface area contributed by atoms with Crippen LogP contribution in [0.25, 0.3) is 0 Å². The fraction of sp³-hybridized carbons (Fsp3) is 0.429. The van der Waals surface area contributed by atoms with Crippen LogP contribution >= 0.6 is 0 Å². The van der Waals surface area contributed by atoms with Crippen LogP contribution in [0.1, 0.15) is 23.2 Å². The van der Waals surface area contributed by atoms with Gasteiger partial charge in [0.1, 0.15) is 11.3 Å². The molecule has 7 nitrogen and oxygen atoms in total. The third-order valence-electron chi connectivity index (χ3n) is 3.81. The van der Waals surface area contributed by atoms with E-state index < -0.39 is 5.97 Å². The molecule has 7 heteroatoms. The Labute approximate surface area is 121 Å². The minimum absolute atomic E-state index is 0.109. The van der Waals surface area contributed by atoms with Gasteiger partial charge in [0.05, 0.1) is 12.2 Å². The SMILES string of the molecule is O=C(O)c1ccc(NC(=O)N2CC3CCC(C2)O3)cc1O. The van der Waals surface area contributed by atoms with Gasteiger partial charge >= 0.3 is 12.0 Å². The maximum Gasteiger partial charge on any atom is 0.339 e. The number of morpholine rings is 1. The smallest absolute Gasteiger partial charge is 0.339 e. The number of ether oxygens (including phenoxy) is 1. The predicted molar refractivity (Wildman–Crippen MR) is 73.6 cm³/mol. The average Bonchev–Trinajstić information content (AvgIpc) is 2.77. The van der Waals surface area contributed by atoms with Crippen LogP contribution in [0.3, 0.4) is 0 Å². The van der Waals surface area contributed by atoms with Crippen LogP contribution in [-0.2, 0) is 4.74 Å². The quantitative estimate of drug-likeness (QED) is 0.767. The van der Waals surface area contributed by atoms with Crippen molar-refractivity contribution in [3.8, 4) is 5.75 Å². The molecular weight excluding hydrogens is 276 g/mol. The minimum atomic E-state index is -1.21. The topological polar surface area (TPSA) is 99.1 Å². The second kappa shape index (κ2) is 5.25. The van der Waals surface area contributed by atoms with Gasteiger partial charge in [-0.15, -0.1) is 0 Å². The molecule has 3 rings (SSSR count). The molecule has 112 valence electrons. The molecule has 2 atom stereocenters. The van der Waals surface area contributed by atoms with E-state index in [4.69, 9.17) is 9.84 Å². The molecule has 21 heavy (non-hydrogen) atoms. The summed E-state index contributed by atoms with van der Waals surface area (Å²) in [6.45, 7) is 1.11. The Kier molecular flexibility index (Phi) is 3.42. The van der Waals surface area contributed by atoms with Crippen LogP contribution in [0, 0.1) is 0 Å². The van der Waals surface area contributed by atoms with E-state index in [1.54, 1.807) is 4.90 Å². The Morgan fingerprint density at radius 2 is 1.90 bits per heavy atom. The van der Waals surface area contributed by atoms with Crippen molar-refractivity contribution in [3.63, 3.8) is 0 Å². The molecule has 1 aromatic carbocycles. The highest BCUT2D eigenvalue weighted by Crippen LogP contribution is 2.27. The van der Waals surface area contributed by atoms with E-state index in [0.717, 1.165) is 12.8 Å². The summed E-state index contributed by atoms with van der Waals surface area (Å²) in [4.78, 5) is 24.7. The number of carboxylic acids is 1. The molecule has 2 aliphatic heterocycles. The van der Waals surface area contributed by atoms with Gasteiger partial charge in [-0.05, 0) is 25.0 Å². The number of hydrogen-bond acceptors (Lipinski definition) is 4. The Hall–Kier alpha value is -2.28. The summed E-state index contributed by atoms with van der Waals surface area (Å²) in [6.07, 6.45) is 2.17. The number of phenols is 1. The predicted octanol–water partition coefficient (Wildman–Crippen LogP) is 1.49. The number of fused-ring (bicyclic) bond motifs is 2. The highest BCUT2D eigenvalue weighted by Gasteiger charge is 2.35. The van der Waals surface area contributed by atoms with Gasteiger partial charge in [-0.3, -0.25) is 0 Å². The van der Waals surface area contributed by atoms with E-state index in [9.17, 15) is 14.7 Å². The molecule has 2 heterocycles. The highest BCUT2D eigenvalue weighted by molar-refractivity contribution is 5.94. The Bertz CT molecular complexity index is 577. The third-order valence-corrected chi connectivity index (χ3v) is 3.81. The Morgan fingerprint density at radius 1 is 1.24 bits per heavy atom. The van der Waals surface area contributed by atoms with E-state index in [1.807, 2.05) is 0 Å². The van der Waals surface area contributed by atoms with Crippen LogP contribution in [0.2, 0.25) is 0 Å². The molecule has 3 N–H and O–H groups in total. The van der Waals surface area contributed by atoms with Gasteiger partial charge in [0.15, 0.2) is 0 Å². The average molecular weight is 292 g/mol. The highest BCUT2D eigenvalue weighted by atomic mass is 16.5. The Balaban J connectivity index is 1.67. The first-order chi connectivity index (χ1) is 10.0. The van der Waals surface area contributed by atoms with E-state index in [1.165, 1.54) is 18.2 Å². The Morgan fingerprint density at radius 3 is 2.48 bits per heavy atom. The van der Waals surface area contributed by atoms with Crippen molar-refractivity contribution in [1.82, 2.24) is 4.90 Å². The molecule has 0 aliphatic carbocycles. The number of aromatic hydroxyl groups is 1. The van der Waals surface area contributed by atoms with Crippen LogP contribution in [0.5, 0.6) is 5.75 Å². The van der Waals surface area contributed by atoms with Crippen molar-refractivity contribution in [2.45, 2.75) is 25.0 Å². The van der Waals surface area contributed by atoms with Crippen molar-refractivity contribution in [3.05, 3.63) is 23.8 Å². The molecule has 0 radical (unpaired) electrons. The van der Waals surface area contributed by atoms with Gasteiger partial charge in [-0.2, -0.15) is 0 Å². The molecule has 1 aromatic rings. The van der Waals surface area contributed by atoms with Crippen LogP contribution < -0.4 is 5.32 Å². The molecule has 2 saturated heterocycles. The number of benzene rings is 1. The number of amides is 2. The number of rotatable bonds is 2. The van der Waals surface area contributed by atoms with Gasteiger partial charge in [0, 0.05) is 24.8 Å². The number of aromatic carboxylic acids is 1. The molecule has 0 aromatic heterocycles. The number of hydrogen-bond donors (Lipinski definition) is 3. The maximum absolute atomic E-state index is 12.2. The zero-order valence-corrected chi connectivity index (χ0v) is 11.3. The molecule has 0 spiro atoms. The van der Waals surface area contributed by atoms with E-state index >= 15 is 0 Å². The fourth-order valence-corrected chi connectivity index (χ4v) is 2.77. The second-order valence-electron chi connectivity index (χ2n) is 5.33. The summed E-state index contributed by atoms with van der Waals surface area (Å²) in [5, 5.41) is 21.1. The van der Waals surface area contributed by atoms with E-state index in [-0.39, 0.29) is 29.6 Å². The molecule has 2 bridgehead atoms. The maximum atomic E-state index is 12.2. The summed E-state index contributed by atoms with van der Waals surface area (Å²) in [5.41, 5.74) is 0.166. The van der Waals surface area contributed by atoms with Crippen LogP contribution in [0.4, 0.5) is 10.5 Å². The second-order valence-corrected chi connectivity index (χ2v) is 5.33. The van der Waals surface area contributed by atoms with Crippen LogP contribution in [-0.4, -0.2) is 52.4 Å². The first-order valence-corrected chi connectivity index (χ1v) is 6.80. The zero-order valence-electron chi connectivity index (χ0n) is 11.3. The number of urea groups is 1. The summed E-state index contributed by atoms with van der Waals surface area (Å²) >= 11 is 0. The summed E-state index contributed by atoms with van der Waals surface area (Å²) in [7, 11) is 0. The minimum Gasteiger partial charge on any atom is -0.507 e. The van der Waals surface area contributed by atoms with Gasteiger partial charge in [-0.1, -0.05) is 0 Å². The van der Waals surface area contributed by atoms with Gasteiger partial charge in [0.2, 0.25) is 0 Å². The molecule has 2 aliphatic rings. The molecule has 2 amide bonds. The third kappa shape index (κ3) is 2.78. The van der Waals surface area contributed by atoms with Crippen molar-refractivity contribution in [1.29, 1.82) is 0 Å². The monoisotopic (exact) mass is 292 g/mol. The normalized spacial score (nSPS) is 23.9. The van der Waals surface area contributed by atoms with Gasteiger partial charge in [0.25, 0.3) is 0 Å². The lowest BCUT2D eigenvalue weighted by molar-refractivity contribution is -0.0219. The lowest BCUT2D eigenvalue weighted by Crippen LogP contribution is -2.47.